The van der Waals surface area contributed by atoms with Gasteiger partial charge in [0.2, 0.25) is 5.91 Å². The van der Waals surface area contributed by atoms with E-state index in [4.69, 9.17) is 4.74 Å². The molecule has 0 spiro atoms. The minimum atomic E-state index is 0.212. The van der Waals surface area contributed by atoms with Crippen LogP contribution in [0.4, 0.5) is 10.8 Å². The first-order valence-corrected chi connectivity index (χ1v) is 9.39. The van der Waals surface area contributed by atoms with Crippen molar-refractivity contribution in [1.82, 2.24) is 4.98 Å². The molecule has 4 rings (SSSR count). The van der Waals surface area contributed by atoms with Gasteiger partial charge in [-0.2, -0.15) is 0 Å². The lowest BCUT2D eigenvalue weighted by Gasteiger charge is -2.16. The molecular formula is C18H21N3O2S. The van der Waals surface area contributed by atoms with Crippen molar-refractivity contribution in [2.24, 2.45) is 0 Å². The Kier molecular flexibility index (Phi) is 4.49. The summed E-state index contributed by atoms with van der Waals surface area (Å²) in [5, 5.41) is 6.35. The Labute approximate surface area is 145 Å². The molecule has 0 aliphatic carbocycles. The number of hydrogen-bond acceptors (Lipinski definition) is 5. The van der Waals surface area contributed by atoms with E-state index in [1.165, 1.54) is 0 Å². The molecule has 2 aliphatic rings. The van der Waals surface area contributed by atoms with Crippen molar-refractivity contribution in [3.63, 3.8) is 0 Å². The van der Waals surface area contributed by atoms with Crippen LogP contribution in [0.1, 0.15) is 25.7 Å². The van der Waals surface area contributed by atoms with E-state index in [1.54, 1.807) is 11.3 Å². The zero-order valence-corrected chi connectivity index (χ0v) is 14.3. The number of amides is 1. The number of hydrogen-bond donors (Lipinski definition) is 1. The highest BCUT2D eigenvalue weighted by Crippen LogP contribution is 2.29. The summed E-state index contributed by atoms with van der Waals surface area (Å²) < 4.78 is 5.63. The quantitative estimate of drug-likeness (QED) is 0.902. The number of thiazole rings is 1. The van der Waals surface area contributed by atoms with Crippen molar-refractivity contribution in [3.8, 4) is 11.3 Å². The Morgan fingerprint density at radius 1 is 1.38 bits per heavy atom. The van der Waals surface area contributed by atoms with E-state index in [2.05, 4.69) is 21.7 Å². The predicted molar refractivity (Wildman–Crippen MR) is 96.6 cm³/mol. The topological polar surface area (TPSA) is 54.5 Å². The summed E-state index contributed by atoms with van der Waals surface area (Å²) in [6.07, 6.45) is 4.17. The molecule has 1 aromatic heterocycles. The number of nitrogens with zero attached hydrogens (tertiary/aromatic N) is 2. The summed E-state index contributed by atoms with van der Waals surface area (Å²) in [6.45, 7) is 2.50. The second-order valence-electron chi connectivity index (χ2n) is 6.25. The van der Waals surface area contributed by atoms with Crippen LogP contribution in [0.15, 0.2) is 29.6 Å². The predicted octanol–water partition coefficient (Wildman–Crippen LogP) is 3.53. The van der Waals surface area contributed by atoms with Gasteiger partial charge in [-0.25, -0.2) is 4.98 Å². The lowest BCUT2D eigenvalue weighted by Crippen LogP contribution is -2.23. The number of carbonyl (C=O) groups excluding carboxylic acids is 1. The van der Waals surface area contributed by atoms with Gasteiger partial charge in [-0.1, -0.05) is 12.1 Å². The van der Waals surface area contributed by atoms with Crippen molar-refractivity contribution in [3.05, 3.63) is 29.6 Å². The molecule has 0 bridgehead atoms. The summed E-state index contributed by atoms with van der Waals surface area (Å²) in [4.78, 5) is 18.5. The van der Waals surface area contributed by atoms with Crippen LogP contribution in [0.3, 0.4) is 0 Å². The SMILES string of the molecule is O=C1CCCN1c1cccc(-c2csc(NC[C@H]3CCCO3)n2)c1. The number of aromatic nitrogens is 1. The van der Waals surface area contributed by atoms with E-state index >= 15 is 0 Å². The molecule has 1 atom stereocenters. The average molecular weight is 343 g/mol. The molecule has 2 aliphatic heterocycles. The molecule has 2 aromatic rings. The maximum atomic E-state index is 11.9. The normalized spacial score (nSPS) is 20.8. The molecule has 0 radical (unpaired) electrons. The average Bonchev–Trinajstić information content (AvgIpc) is 3.35. The van der Waals surface area contributed by atoms with Crippen molar-refractivity contribution in [2.45, 2.75) is 31.8 Å². The van der Waals surface area contributed by atoms with Gasteiger partial charge < -0.3 is 15.0 Å². The minimum Gasteiger partial charge on any atom is -0.376 e. The summed E-state index contributed by atoms with van der Waals surface area (Å²) in [5.41, 5.74) is 2.97. The number of ether oxygens (including phenoxy) is 1. The van der Waals surface area contributed by atoms with E-state index in [-0.39, 0.29) is 5.91 Å². The van der Waals surface area contributed by atoms with E-state index < -0.39 is 0 Å². The molecule has 5 nitrogen and oxygen atoms in total. The third-order valence-corrected chi connectivity index (χ3v) is 5.34. The van der Waals surface area contributed by atoms with Crippen molar-refractivity contribution >= 4 is 28.1 Å². The molecule has 0 saturated carbocycles. The Balaban J connectivity index is 1.46. The largest absolute Gasteiger partial charge is 0.376 e. The molecule has 2 fully saturated rings. The van der Waals surface area contributed by atoms with Gasteiger partial charge in [0.25, 0.3) is 0 Å². The first kappa shape index (κ1) is 15.6. The van der Waals surface area contributed by atoms with E-state index in [0.29, 0.717) is 12.5 Å². The molecule has 126 valence electrons. The van der Waals surface area contributed by atoms with E-state index in [1.807, 2.05) is 23.1 Å². The van der Waals surface area contributed by atoms with Gasteiger partial charge in [-0.3, -0.25) is 4.79 Å². The van der Waals surface area contributed by atoms with Gasteiger partial charge >= 0.3 is 0 Å². The highest BCUT2D eigenvalue weighted by molar-refractivity contribution is 7.14. The van der Waals surface area contributed by atoms with Crippen LogP contribution in [-0.4, -0.2) is 36.7 Å². The van der Waals surface area contributed by atoms with Crippen LogP contribution >= 0.6 is 11.3 Å². The van der Waals surface area contributed by atoms with Gasteiger partial charge in [-0.05, 0) is 31.4 Å². The number of carbonyl (C=O) groups is 1. The molecule has 0 unspecified atom stereocenters. The summed E-state index contributed by atoms with van der Waals surface area (Å²) in [5.74, 6) is 0.212. The molecule has 3 heterocycles. The summed E-state index contributed by atoms with van der Waals surface area (Å²) in [6, 6.07) is 8.09. The van der Waals surface area contributed by atoms with Crippen molar-refractivity contribution < 1.29 is 9.53 Å². The van der Waals surface area contributed by atoms with E-state index in [9.17, 15) is 4.79 Å². The molecular weight excluding hydrogens is 322 g/mol. The molecule has 6 heteroatoms. The Hall–Kier alpha value is -1.92. The van der Waals surface area contributed by atoms with Crippen molar-refractivity contribution in [1.29, 1.82) is 0 Å². The smallest absolute Gasteiger partial charge is 0.227 e. The van der Waals surface area contributed by atoms with Gasteiger partial charge in [0.1, 0.15) is 0 Å². The number of rotatable bonds is 5. The minimum absolute atomic E-state index is 0.212. The molecule has 24 heavy (non-hydrogen) atoms. The fourth-order valence-electron chi connectivity index (χ4n) is 3.25. The number of benzene rings is 1. The molecule has 2 saturated heterocycles. The van der Waals surface area contributed by atoms with Crippen LogP contribution < -0.4 is 10.2 Å². The van der Waals surface area contributed by atoms with Crippen LogP contribution in [0, 0.1) is 0 Å². The Morgan fingerprint density at radius 3 is 3.12 bits per heavy atom. The van der Waals surface area contributed by atoms with Crippen LogP contribution in [0.5, 0.6) is 0 Å². The zero-order valence-electron chi connectivity index (χ0n) is 13.5. The highest BCUT2D eigenvalue weighted by Gasteiger charge is 2.22. The van der Waals surface area contributed by atoms with Gasteiger partial charge in [0.05, 0.1) is 11.8 Å². The molecule has 1 aromatic carbocycles. The van der Waals surface area contributed by atoms with Gasteiger partial charge in [0, 0.05) is 42.7 Å². The Morgan fingerprint density at radius 2 is 2.33 bits per heavy atom. The maximum Gasteiger partial charge on any atom is 0.227 e. The number of nitrogens with one attached hydrogen (secondary N) is 1. The lowest BCUT2D eigenvalue weighted by atomic mass is 10.1. The second kappa shape index (κ2) is 6.91. The standard InChI is InChI=1S/C18H21N3O2S/c22-17-7-2-8-21(17)14-5-1-4-13(10-14)16-12-24-18(20-16)19-11-15-6-3-9-23-15/h1,4-5,10,12,15H,2-3,6-9,11H2,(H,19,20)/t15-/m1/s1. The lowest BCUT2D eigenvalue weighted by molar-refractivity contribution is -0.117. The van der Waals surface area contributed by atoms with Crippen LogP contribution in [0.2, 0.25) is 0 Å². The van der Waals surface area contributed by atoms with Gasteiger partial charge in [0.15, 0.2) is 5.13 Å². The maximum absolute atomic E-state index is 11.9. The highest BCUT2D eigenvalue weighted by atomic mass is 32.1. The molecule has 1 N–H and O–H groups in total. The number of anilines is 2. The third kappa shape index (κ3) is 3.30. The first-order chi connectivity index (χ1) is 11.8. The summed E-state index contributed by atoms with van der Waals surface area (Å²) in [7, 11) is 0. The fourth-order valence-corrected chi connectivity index (χ4v) is 3.98. The Bertz CT molecular complexity index is 725. The monoisotopic (exact) mass is 343 g/mol. The van der Waals surface area contributed by atoms with Gasteiger partial charge in [-0.15, -0.1) is 11.3 Å². The fraction of sp³-hybridized carbons (Fsp3) is 0.444. The summed E-state index contributed by atoms with van der Waals surface area (Å²) >= 11 is 1.61. The third-order valence-electron chi connectivity index (χ3n) is 4.54. The second-order valence-corrected chi connectivity index (χ2v) is 7.11. The van der Waals surface area contributed by atoms with Crippen molar-refractivity contribution in [2.75, 3.05) is 29.9 Å². The van der Waals surface area contributed by atoms with Crippen LogP contribution in [-0.2, 0) is 9.53 Å². The van der Waals surface area contributed by atoms with Crippen LogP contribution in [0.25, 0.3) is 11.3 Å². The molecule has 1 amide bonds. The first-order valence-electron chi connectivity index (χ1n) is 8.51. The zero-order chi connectivity index (χ0) is 16.4. The van der Waals surface area contributed by atoms with E-state index in [0.717, 1.165) is 61.0 Å².